The Kier molecular flexibility index (Phi) is 6.17. The van der Waals surface area contributed by atoms with Gasteiger partial charge in [0.2, 0.25) is 5.91 Å². The Hall–Kier alpha value is -2.92. The first kappa shape index (κ1) is 17.9. The molecule has 5 heteroatoms. The second-order valence-corrected chi connectivity index (χ2v) is 6.80. The van der Waals surface area contributed by atoms with Crippen molar-refractivity contribution in [2.75, 3.05) is 11.9 Å². The van der Waals surface area contributed by atoms with Gasteiger partial charge >= 0.3 is 0 Å². The summed E-state index contributed by atoms with van der Waals surface area (Å²) in [6.07, 6.45) is 0.989. The zero-order valence-electron chi connectivity index (χ0n) is 14.3. The third kappa shape index (κ3) is 5.04. The van der Waals surface area contributed by atoms with E-state index >= 15 is 0 Å². The lowest BCUT2D eigenvalue weighted by molar-refractivity contribution is -0.116. The Labute approximate surface area is 156 Å². The Balaban J connectivity index is 1.53. The first-order valence-electron chi connectivity index (χ1n) is 8.46. The monoisotopic (exact) mass is 364 g/mol. The molecule has 26 heavy (non-hydrogen) atoms. The van der Waals surface area contributed by atoms with E-state index in [1.165, 1.54) is 16.9 Å². The quantitative estimate of drug-likeness (QED) is 0.663. The van der Waals surface area contributed by atoms with E-state index in [1.807, 2.05) is 53.9 Å². The van der Waals surface area contributed by atoms with E-state index in [2.05, 4.69) is 22.8 Å². The van der Waals surface area contributed by atoms with Crippen molar-refractivity contribution in [1.82, 2.24) is 5.32 Å². The Morgan fingerprint density at radius 2 is 1.65 bits per heavy atom. The minimum atomic E-state index is -0.141. The molecule has 2 aromatic carbocycles. The molecule has 132 valence electrons. The van der Waals surface area contributed by atoms with Crippen LogP contribution < -0.4 is 10.6 Å². The van der Waals surface area contributed by atoms with Crippen molar-refractivity contribution in [1.29, 1.82) is 0 Å². The lowest BCUT2D eigenvalue weighted by atomic mass is 10.0. The van der Waals surface area contributed by atoms with E-state index < -0.39 is 0 Å². The van der Waals surface area contributed by atoms with Gasteiger partial charge in [0.1, 0.15) is 0 Å². The van der Waals surface area contributed by atoms with Crippen molar-refractivity contribution in [2.24, 2.45) is 0 Å². The van der Waals surface area contributed by atoms with Crippen LogP contribution in [-0.4, -0.2) is 18.4 Å². The maximum atomic E-state index is 12.2. The number of thiophene rings is 1. The largest absolute Gasteiger partial charge is 0.351 e. The van der Waals surface area contributed by atoms with E-state index in [9.17, 15) is 9.59 Å². The number of anilines is 1. The average molecular weight is 364 g/mol. The van der Waals surface area contributed by atoms with Gasteiger partial charge in [-0.1, -0.05) is 54.6 Å². The van der Waals surface area contributed by atoms with Crippen molar-refractivity contribution >= 4 is 28.8 Å². The maximum absolute atomic E-state index is 12.2. The molecule has 3 rings (SSSR count). The highest BCUT2D eigenvalue weighted by atomic mass is 32.1. The lowest BCUT2D eigenvalue weighted by Crippen LogP contribution is -2.27. The number of amides is 2. The summed E-state index contributed by atoms with van der Waals surface area (Å²) in [6.45, 7) is 0.309. The number of hydrogen-bond donors (Lipinski definition) is 2. The highest BCUT2D eigenvalue weighted by Crippen LogP contribution is 2.19. The van der Waals surface area contributed by atoms with Gasteiger partial charge in [0.15, 0.2) is 0 Å². The fourth-order valence-electron chi connectivity index (χ4n) is 2.61. The first-order chi connectivity index (χ1) is 12.7. The highest BCUT2D eigenvalue weighted by Gasteiger charge is 2.09. The van der Waals surface area contributed by atoms with Crippen LogP contribution >= 0.6 is 11.3 Å². The molecule has 1 aromatic heterocycles. The maximum Gasteiger partial charge on any atom is 0.261 e. The van der Waals surface area contributed by atoms with Crippen LogP contribution in [0.1, 0.15) is 27.2 Å². The lowest BCUT2D eigenvalue weighted by Gasteiger charge is -2.11. The smallest absolute Gasteiger partial charge is 0.261 e. The molecule has 0 saturated heterocycles. The third-order valence-electron chi connectivity index (χ3n) is 3.91. The van der Waals surface area contributed by atoms with Gasteiger partial charge in [-0.3, -0.25) is 9.59 Å². The predicted molar refractivity (Wildman–Crippen MR) is 106 cm³/mol. The third-order valence-corrected chi connectivity index (χ3v) is 4.78. The summed E-state index contributed by atoms with van der Waals surface area (Å²) in [7, 11) is 0. The Morgan fingerprint density at radius 3 is 2.42 bits per heavy atom. The average Bonchev–Trinajstić information content (AvgIpc) is 3.19. The minimum Gasteiger partial charge on any atom is -0.351 e. The number of hydrogen-bond acceptors (Lipinski definition) is 3. The van der Waals surface area contributed by atoms with Crippen molar-refractivity contribution in [2.45, 2.75) is 12.8 Å². The van der Waals surface area contributed by atoms with E-state index in [0.717, 1.165) is 17.7 Å². The molecule has 0 aliphatic heterocycles. The summed E-state index contributed by atoms with van der Waals surface area (Å²) >= 11 is 1.38. The molecule has 0 radical (unpaired) electrons. The molecule has 2 amide bonds. The standard InChI is InChI=1S/C21H20N2O2S/c24-20(12-13-22-21(25)19-11-6-14-26-19)23-18-10-5-4-9-17(18)15-16-7-2-1-3-8-16/h1-11,14H,12-13,15H2,(H,22,25)(H,23,24). The molecule has 0 aliphatic carbocycles. The summed E-state index contributed by atoms with van der Waals surface area (Å²) in [5.74, 6) is -0.255. The summed E-state index contributed by atoms with van der Waals surface area (Å²) in [4.78, 5) is 24.7. The van der Waals surface area contributed by atoms with Crippen LogP contribution in [0.5, 0.6) is 0 Å². The molecule has 0 fully saturated rings. The van der Waals surface area contributed by atoms with Crippen molar-refractivity contribution in [3.63, 3.8) is 0 Å². The van der Waals surface area contributed by atoms with Gasteiger partial charge in [0.05, 0.1) is 4.88 Å². The predicted octanol–water partition coefficient (Wildman–Crippen LogP) is 4.10. The number of carbonyl (C=O) groups excluding carboxylic acids is 2. The zero-order valence-corrected chi connectivity index (χ0v) is 15.1. The second kappa shape index (κ2) is 8.97. The van der Waals surface area contributed by atoms with Gasteiger partial charge in [-0.25, -0.2) is 0 Å². The Morgan fingerprint density at radius 1 is 0.885 bits per heavy atom. The minimum absolute atomic E-state index is 0.114. The van der Waals surface area contributed by atoms with Gasteiger partial charge in [-0.05, 0) is 35.1 Å². The van der Waals surface area contributed by atoms with Crippen molar-refractivity contribution in [3.8, 4) is 0 Å². The van der Waals surface area contributed by atoms with Crippen LogP contribution in [0.15, 0.2) is 72.1 Å². The summed E-state index contributed by atoms with van der Waals surface area (Å²) < 4.78 is 0. The van der Waals surface area contributed by atoms with E-state index in [1.54, 1.807) is 6.07 Å². The number of rotatable bonds is 7. The van der Waals surface area contributed by atoms with Crippen LogP contribution in [0.4, 0.5) is 5.69 Å². The molecule has 3 aromatic rings. The molecule has 0 saturated carbocycles. The van der Waals surface area contributed by atoms with Crippen LogP contribution in [0.3, 0.4) is 0 Å². The second-order valence-electron chi connectivity index (χ2n) is 5.85. The molecular formula is C21H20N2O2S. The van der Waals surface area contributed by atoms with E-state index in [-0.39, 0.29) is 18.2 Å². The molecule has 2 N–H and O–H groups in total. The van der Waals surface area contributed by atoms with Gasteiger partial charge in [0.25, 0.3) is 5.91 Å². The van der Waals surface area contributed by atoms with Crippen molar-refractivity contribution in [3.05, 3.63) is 88.1 Å². The fourth-order valence-corrected chi connectivity index (χ4v) is 3.25. The van der Waals surface area contributed by atoms with Gasteiger partial charge in [-0.2, -0.15) is 0 Å². The van der Waals surface area contributed by atoms with Gasteiger partial charge in [-0.15, -0.1) is 11.3 Å². The topological polar surface area (TPSA) is 58.2 Å². The summed E-state index contributed by atoms with van der Waals surface area (Å²) in [5.41, 5.74) is 3.07. The summed E-state index contributed by atoms with van der Waals surface area (Å²) in [6, 6.07) is 21.5. The van der Waals surface area contributed by atoms with Crippen molar-refractivity contribution < 1.29 is 9.59 Å². The SMILES string of the molecule is O=C(CCNC(=O)c1cccs1)Nc1ccccc1Cc1ccccc1. The molecular weight excluding hydrogens is 344 g/mol. The highest BCUT2D eigenvalue weighted by molar-refractivity contribution is 7.12. The molecule has 4 nitrogen and oxygen atoms in total. The summed E-state index contributed by atoms with van der Waals surface area (Å²) in [5, 5.41) is 7.57. The molecule has 0 aliphatic rings. The van der Waals surface area contributed by atoms with Gasteiger partial charge in [0, 0.05) is 18.7 Å². The molecule has 0 atom stereocenters. The Bertz CT molecular complexity index is 861. The molecule has 1 heterocycles. The number of carbonyl (C=O) groups is 2. The first-order valence-corrected chi connectivity index (χ1v) is 9.34. The number of nitrogens with one attached hydrogen (secondary N) is 2. The van der Waals surface area contributed by atoms with E-state index in [0.29, 0.717) is 11.4 Å². The van der Waals surface area contributed by atoms with Crippen LogP contribution in [0.2, 0.25) is 0 Å². The normalized spacial score (nSPS) is 10.3. The zero-order chi connectivity index (χ0) is 18.2. The number of para-hydroxylation sites is 1. The van der Waals surface area contributed by atoms with Crippen LogP contribution in [0.25, 0.3) is 0 Å². The molecule has 0 spiro atoms. The van der Waals surface area contributed by atoms with E-state index in [4.69, 9.17) is 0 Å². The van der Waals surface area contributed by atoms with Gasteiger partial charge < -0.3 is 10.6 Å². The number of benzene rings is 2. The van der Waals surface area contributed by atoms with Crippen LogP contribution in [0, 0.1) is 0 Å². The fraction of sp³-hybridized carbons (Fsp3) is 0.143. The molecule has 0 bridgehead atoms. The molecule has 0 unspecified atom stereocenters. The van der Waals surface area contributed by atoms with Crippen LogP contribution in [-0.2, 0) is 11.2 Å².